The predicted molar refractivity (Wildman–Crippen MR) is 74.1 cm³/mol. The third-order valence-electron chi connectivity index (χ3n) is 3.16. The number of nitrogens with one attached hydrogen (secondary N) is 1. The summed E-state index contributed by atoms with van der Waals surface area (Å²) < 4.78 is 143. The van der Waals surface area contributed by atoms with Crippen molar-refractivity contribution in [1.82, 2.24) is 0 Å². The lowest BCUT2D eigenvalue weighted by Gasteiger charge is -2.31. The van der Waals surface area contributed by atoms with Crippen LogP contribution in [0.15, 0.2) is 40.0 Å². The van der Waals surface area contributed by atoms with E-state index in [9.17, 15) is 48.3 Å². The fraction of sp³-hybridized carbons (Fsp3) is 0.308. The topological polar surface area (TPSA) is 24.4 Å². The lowest BCUT2D eigenvalue weighted by Crippen LogP contribution is -2.55. The Kier molecular flexibility index (Phi) is 5.18. The number of amidine groups is 1. The molecule has 2 nitrogen and oxygen atoms in total. The van der Waals surface area contributed by atoms with E-state index in [4.69, 9.17) is 0 Å². The maximum absolute atomic E-state index is 13.5. The van der Waals surface area contributed by atoms with Crippen LogP contribution in [0.2, 0.25) is 0 Å². The highest BCUT2D eigenvalue weighted by atomic mass is 32.2. The van der Waals surface area contributed by atoms with Gasteiger partial charge in [0, 0.05) is 5.69 Å². The fourth-order valence-corrected chi connectivity index (χ4v) is 3.16. The van der Waals surface area contributed by atoms with E-state index in [0.29, 0.717) is 0 Å². The van der Waals surface area contributed by atoms with Crippen molar-refractivity contribution in [3.63, 3.8) is 0 Å². The number of thioether (sulfide) groups is 1. The minimum atomic E-state index is -6.43. The van der Waals surface area contributed by atoms with E-state index in [0.717, 1.165) is 24.3 Å². The molecule has 0 atom stereocenters. The number of hydrogen-bond acceptors (Lipinski definition) is 3. The molecule has 0 spiro atoms. The highest BCUT2D eigenvalue weighted by Crippen LogP contribution is 2.59. The number of halogens is 11. The van der Waals surface area contributed by atoms with Gasteiger partial charge < -0.3 is 5.32 Å². The van der Waals surface area contributed by atoms with Crippen LogP contribution in [0.5, 0.6) is 0 Å². The molecule has 1 aliphatic heterocycles. The van der Waals surface area contributed by atoms with E-state index in [2.05, 4.69) is 4.99 Å². The van der Waals surface area contributed by atoms with Gasteiger partial charge in [0.2, 0.25) is 5.83 Å². The summed E-state index contributed by atoms with van der Waals surface area (Å²) in [6, 6.07) is 3.30. The molecular formula is C13H5F11N2S. The summed E-state index contributed by atoms with van der Waals surface area (Å²) in [4.78, 5) is -0.386. The second-order valence-electron chi connectivity index (χ2n) is 5.00. The molecule has 2 rings (SSSR count). The van der Waals surface area contributed by atoms with Gasteiger partial charge in [-0.25, -0.2) is 13.8 Å². The molecule has 0 aliphatic carbocycles. The van der Waals surface area contributed by atoms with Gasteiger partial charge in [0.15, 0.2) is 5.17 Å². The summed E-state index contributed by atoms with van der Waals surface area (Å²) in [6.45, 7) is 0. The van der Waals surface area contributed by atoms with Crippen molar-refractivity contribution in [1.29, 1.82) is 0 Å². The molecule has 1 N–H and O–H groups in total. The maximum atomic E-state index is 13.5. The van der Waals surface area contributed by atoms with Crippen molar-refractivity contribution < 1.29 is 48.3 Å². The van der Waals surface area contributed by atoms with E-state index in [1.165, 1.54) is 0 Å². The van der Waals surface area contributed by atoms with E-state index >= 15 is 0 Å². The number of nitrogens with zero attached hydrogens (tertiary/aromatic N) is 1. The SMILES string of the molecule is F/C(=C1/SC(Nc2ccc(F)cc2)=NC1(C(F)(F)F)C(F)(F)F)C(F)(F)F. The van der Waals surface area contributed by atoms with Crippen LogP contribution in [0.1, 0.15) is 0 Å². The van der Waals surface area contributed by atoms with E-state index in [1.807, 2.05) is 5.32 Å². The van der Waals surface area contributed by atoms with Crippen molar-refractivity contribution in [2.24, 2.45) is 4.99 Å². The smallest absolute Gasteiger partial charge is 0.335 e. The Labute approximate surface area is 147 Å². The molecule has 1 aromatic carbocycles. The van der Waals surface area contributed by atoms with Crippen LogP contribution in [0.3, 0.4) is 0 Å². The van der Waals surface area contributed by atoms with Crippen LogP contribution in [-0.2, 0) is 0 Å². The molecule has 1 aromatic rings. The van der Waals surface area contributed by atoms with Gasteiger partial charge in [0.25, 0.3) is 5.54 Å². The standard InChI is InChI=1S/C13H5F11N2S/c14-5-1-3-6(4-2-5)25-9-26-10(12(19,20)21,13(22,23)24)8(27-9)7(15)11(16,17)18/h1-4H,(H,25,26)/b8-7+. The van der Waals surface area contributed by atoms with Crippen LogP contribution in [0.4, 0.5) is 54.0 Å². The van der Waals surface area contributed by atoms with Gasteiger partial charge >= 0.3 is 18.5 Å². The first kappa shape index (κ1) is 21.3. The quantitative estimate of drug-likeness (QED) is 0.558. The predicted octanol–water partition coefficient (Wildman–Crippen LogP) is 5.95. The minimum absolute atomic E-state index is 0.283. The van der Waals surface area contributed by atoms with Crippen LogP contribution < -0.4 is 5.32 Å². The first-order valence-electron chi connectivity index (χ1n) is 6.51. The van der Waals surface area contributed by atoms with Crippen molar-refractivity contribution in [2.75, 3.05) is 5.32 Å². The number of rotatable bonds is 1. The summed E-state index contributed by atoms with van der Waals surface area (Å²) in [6.07, 6.45) is -19.0. The van der Waals surface area contributed by atoms with Gasteiger partial charge in [0.1, 0.15) is 5.82 Å². The fourth-order valence-electron chi connectivity index (χ4n) is 1.98. The second kappa shape index (κ2) is 6.56. The van der Waals surface area contributed by atoms with Crippen molar-refractivity contribution in [2.45, 2.75) is 24.1 Å². The summed E-state index contributed by atoms with van der Waals surface area (Å²) in [5.74, 6) is -4.37. The van der Waals surface area contributed by atoms with Crippen LogP contribution in [-0.4, -0.2) is 29.2 Å². The highest BCUT2D eigenvalue weighted by molar-refractivity contribution is 8.17. The number of benzene rings is 1. The second-order valence-corrected chi connectivity index (χ2v) is 6.00. The molecule has 0 aromatic heterocycles. The Morgan fingerprint density at radius 1 is 0.889 bits per heavy atom. The van der Waals surface area contributed by atoms with Gasteiger partial charge in [0.05, 0.1) is 4.91 Å². The number of anilines is 1. The average Bonchev–Trinajstić information content (AvgIpc) is 2.88. The van der Waals surface area contributed by atoms with Crippen molar-refractivity contribution in [3.05, 3.63) is 40.8 Å². The highest BCUT2D eigenvalue weighted by Gasteiger charge is 2.77. The third-order valence-corrected chi connectivity index (χ3v) is 4.23. The summed E-state index contributed by atoms with van der Waals surface area (Å²) in [5.41, 5.74) is -5.72. The lowest BCUT2D eigenvalue weighted by atomic mass is 9.97. The van der Waals surface area contributed by atoms with Gasteiger partial charge in [-0.15, -0.1) is 0 Å². The van der Waals surface area contributed by atoms with Crippen molar-refractivity contribution >= 4 is 22.6 Å². The van der Waals surface area contributed by atoms with E-state index in [1.54, 1.807) is 0 Å². The Morgan fingerprint density at radius 2 is 1.37 bits per heavy atom. The lowest BCUT2D eigenvalue weighted by molar-refractivity contribution is -0.280. The Hall–Kier alpha value is -1.99. The molecule has 0 radical (unpaired) electrons. The molecule has 0 bridgehead atoms. The molecule has 0 amide bonds. The summed E-state index contributed by atoms with van der Waals surface area (Å²) in [7, 11) is 0. The third kappa shape index (κ3) is 3.84. The van der Waals surface area contributed by atoms with Gasteiger partial charge in [-0.3, -0.25) is 0 Å². The molecule has 0 unspecified atom stereocenters. The molecule has 0 fully saturated rings. The normalized spacial score (nSPS) is 19.7. The van der Waals surface area contributed by atoms with Crippen LogP contribution in [0.25, 0.3) is 0 Å². The Balaban J connectivity index is 2.65. The molecule has 150 valence electrons. The largest absolute Gasteiger partial charge is 0.443 e. The zero-order chi connectivity index (χ0) is 20.8. The minimum Gasteiger partial charge on any atom is -0.335 e. The Morgan fingerprint density at radius 3 is 1.78 bits per heavy atom. The monoisotopic (exact) mass is 430 g/mol. The molecule has 0 saturated carbocycles. The van der Waals surface area contributed by atoms with Crippen LogP contribution >= 0.6 is 11.8 Å². The number of aliphatic imine (C=N–C) groups is 1. The number of alkyl halides is 9. The maximum Gasteiger partial charge on any atom is 0.443 e. The summed E-state index contributed by atoms with van der Waals surface area (Å²) in [5, 5.41) is 0.581. The molecular weight excluding hydrogens is 425 g/mol. The van der Waals surface area contributed by atoms with Gasteiger partial charge in [-0.05, 0) is 24.3 Å². The first-order chi connectivity index (χ1) is 12.1. The van der Waals surface area contributed by atoms with Gasteiger partial charge in [-0.1, -0.05) is 11.8 Å². The van der Waals surface area contributed by atoms with E-state index in [-0.39, 0.29) is 5.69 Å². The first-order valence-corrected chi connectivity index (χ1v) is 7.32. The molecule has 1 aliphatic rings. The molecule has 1 heterocycles. The average molecular weight is 430 g/mol. The zero-order valence-electron chi connectivity index (χ0n) is 12.3. The van der Waals surface area contributed by atoms with E-state index < -0.39 is 57.5 Å². The van der Waals surface area contributed by atoms with Crippen LogP contribution in [0, 0.1) is 5.82 Å². The Bertz CT molecular complexity index is 757. The zero-order valence-corrected chi connectivity index (χ0v) is 13.1. The summed E-state index contributed by atoms with van der Waals surface area (Å²) >= 11 is -0.805. The molecule has 0 saturated heterocycles. The molecule has 14 heteroatoms. The van der Waals surface area contributed by atoms with Crippen molar-refractivity contribution in [3.8, 4) is 0 Å². The molecule has 27 heavy (non-hydrogen) atoms. The number of hydrogen-bond donors (Lipinski definition) is 1. The van der Waals surface area contributed by atoms with Gasteiger partial charge in [-0.2, -0.15) is 39.5 Å². The number of allylic oxidation sites excluding steroid dienone is 1.